The molecule has 2 atom stereocenters. The van der Waals surface area contributed by atoms with Crippen molar-refractivity contribution in [2.45, 2.75) is 25.4 Å². The number of anilines is 2. The second-order valence-corrected chi connectivity index (χ2v) is 8.61. The van der Waals surface area contributed by atoms with Crippen LogP contribution >= 0.6 is 0 Å². The molecular formula is C30H24FNO3. The van der Waals surface area contributed by atoms with Gasteiger partial charge in [0.25, 0.3) is 0 Å². The predicted molar refractivity (Wildman–Crippen MR) is 133 cm³/mol. The highest BCUT2D eigenvalue weighted by atomic mass is 19.1. The van der Waals surface area contributed by atoms with E-state index in [0.29, 0.717) is 16.9 Å². The maximum Gasteiger partial charge on any atom is 0.419 e. The van der Waals surface area contributed by atoms with Crippen molar-refractivity contribution < 1.29 is 18.7 Å². The van der Waals surface area contributed by atoms with Crippen molar-refractivity contribution in [2.75, 3.05) is 4.90 Å². The van der Waals surface area contributed by atoms with E-state index in [9.17, 15) is 14.0 Å². The van der Waals surface area contributed by atoms with Gasteiger partial charge in [0.05, 0.1) is 17.3 Å². The third kappa shape index (κ3) is 4.33. The topological polar surface area (TPSA) is 46.6 Å². The minimum absolute atomic E-state index is 0.0358. The van der Waals surface area contributed by atoms with E-state index >= 15 is 0 Å². The molecule has 4 aromatic carbocycles. The normalized spacial score (nSPS) is 15.0. The number of amides is 1. The van der Waals surface area contributed by atoms with Gasteiger partial charge in [0.15, 0.2) is 0 Å². The first kappa shape index (κ1) is 22.5. The van der Waals surface area contributed by atoms with Gasteiger partial charge in [0.2, 0.25) is 0 Å². The molecule has 1 amide bonds. The van der Waals surface area contributed by atoms with Crippen molar-refractivity contribution in [3.63, 3.8) is 0 Å². The van der Waals surface area contributed by atoms with Gasteiger partial charge in [-0.05, 0) is 53.4 Å². The summed E-state index contributed by atoms with van der Waals surface area (Å²) in [7, 11) is 0. The van der Waals surface area contributed by atoms with Crippen LogP contribution in [-0.4, -0.2) is 11.9 Å². The number of carbonyl (C=O) groups excluding carboxylic acids is 2. The molecule has 1 aliphatic heterocycles. The summed E-state index contributed by atoms with van der Waals surface area (Å²) in [6.07, 6.45) is -0.563. The van der Waals surface area contributed by atoms with E-state index in [1.807, 2.05) is 84.9 Å². The van der Waals surface area contributed by atoms with Gasteiger partial charge in [-0.15, -0.1) is 0 Å². The summed E-state index contributed by atoms with van der Waals surface area (Å²) >= 11 is 0. The van der Waals surface area contributed by atoms with Gasteiger partial charge in [-0.3, -0.25) is 4.79 Å². The highest BCUT2D eigenvalue weighted by Gasteiger charge is 2.40. The van der Waals surface area contributed by atoms with Crippen LogP contribution < -0.4 is 4.90 Å². The van der Waals surface area contributed by atoms with Gasteiger partial charge in [0, 0.05) is 5.92 Å². The molecule has 1 aliphatic rings. The number of ketones is 1. The highest BCUT2D eigenvalue weighted by molar-refractivity contribution is 6.01. The lowest BCUT2D eigenvalue weighted by molar-refractivity contribution is -0.118. The Morgan fingerprint density at radius 2 is 1.46 bits per heavy atom. The molecule has 4 aromatic rings. The van der Waals surface area contributed by atoms with E-state index in [-0.39, 0.29) is 12.4 Å². The Labute approximate surface area is 203 Å². The van der Waals surface area contributed by atoms with Crippen LogP contribution in [0.2, 0.25) is 0 Å². The molecule has 0 N–H and O–H groups in total. The lowest BCUT2D eigenvalue weighted by atomic mass is 9.72. The number of fused-ring (bicyclic) bond motifs is 2. The van der Waals surface area contributed by atoms with Crippen LogP contribution in [0.4, 0.5) is 20.6 Å². The highest BCUT2D eigenvalue weighted by Crippen LogP contribution is 2.51. The third-order valence-corrected chi connectivity index (χ3v) is 6.40. The van der Waals surface area contributed by atoms with E-state index < -0.39 is 23.7 Å². The first-order valence-electron chi connectivity index (χ1n) is 11.5. The predicted octanol–water partition coefficient (Wildman–Crippen LogP) is 7.12. The number of halogens is 1. The molecule has 0 radical (unpaired) electrons. The average Bonchev–Trinajstić information content (AvgIpc) is 2.88. The number of rotatable bonds is 5. The molecule has 1 heterocycles. The summed E-state index contributed by atoms with van der Waals surface area (Å²) in [5.74, 6) is -1.47. The summed E-state index contributed by atoms with van der Waals surface area (Å²) in [5, 5.41) is 0. The van der Waals surface area contributed by atoms with Crippen molar-refractivity contribution in [3.05, 3.63) is 131 Å². The molecule has 5 rings (SSSR count). The van der Waals surface area contributed by atoms with E-state index in [0.717, 1.165) is 16.7 Å². The molecule has 0 saturated carbocycles. The second-order valence-electron chi connectivity index (χ2n) is 8.61. The molecule has 0 aliphatic carbocycles. The molecule has 174 valence electrons. The zero-order valence-corrected chi connectivity index (χ0v) is 19.2. The number of benzene rings is 4. The molecule has 0 fully saturated rings. The van der Waals surface area contributed by atoms with Gasteiger partial charge < -0.3 is 4.74 Å². The maximum absolute atomic E-state index is 14.6. The van der Waals surface area contributed by atoms with Gasteiger partial charge >= 0.3 is 6.09 Å². The fraction of sp³-hybridized carbons (Fsp3) is 0.133. The standard InChI is InChI=1S/C30H24FNO3/c1-20(33)28(22-12-6-3-7-13-22)29-24-14-8-9-15-26(24)32(27-17-16-23(31)18-25(27)29)30(34)35-19-21-10-4-2-5-11-21/h2-18,28-29H,19H2,1H3. The van der Waals surface area contributed by atoms with Crippen molar-refractivity contribution in [3.8, 4) is 0 Å². The summed E-state index contributed by atoms with van der Waals surface area (Å²) in [6.45, 7) is 1.66. The van der Waals surface area contributed by atoms with Gasteiger partial charge in [-0.1, -0.05) is 78.9 Å². The van der Waals surface area contributed by atoms with Crippen LogP contribution in [0.15, 0.2) is 103 Å². The van der Waals surface area contributed by atoms with E-state index in [2.05, 4.69) is 0 Å². The number of hydrogen-bond donors (Lipinski definition) is 0. The second kappa shape index (κ2) is 9.55. The number of nitrogens with zero attached hydrogens (tertiary/aromatic N) is 1. The van der Waals surface area contributed by atoms with Gasteiger partial charge in [-0.2, -0.15) is 0 Å². The van der Waals surface area contributed by atoms with Crippen LogP contribution in [0.1, 0.15) is 41.0 Å². The van der Waals surface area contributed by atoms with Gasteiger partial charge in [-0.25, -0.2) is 14.1 Å². The van der Waals surface area contributed by atoms with Crippen LogP contribution in [0, 0.1) is 5.82 Å². The minimum atomic E-state index is -0.563. The Balaban J connectivity index is 1.63. The van der Waals surface area contributed by atoms with Crippen molar-refractivity contribution in [1.82, 2.24) is 0 Å². The Kier molecular flexibility index (Phi) is 6.15. The fourth-order valence-corrected chi connectivity index (χ4v) is 4.89. The minimum Gasteiger partial charge on any atom is -0.444 e. The summed E-state index contributed by atoms with van der Waals surface area (Å²) in [5.41, 5.74) is 4.18. The number of hydrogen-bond acceptors (Lipinski definition) is 3. The number of para-hydroxylation sites is 1. The molecule has 0 bridgehead atoms. The first-order chi connectivity index (χ1) is 17.0. The molecule has 35 heavy (non-hydrogen) atoms. The molecule has 4 nitrogen and oxygen atoms in total. The summed E-state index contributed by atoms with van der Waals surface area (Å²) in [4.78, 5) is 27.9. The quantitative estimate of drug-likeness (QED) is 0.315. The molecule has 0 saturated heterocycles. The smallest absolute Gasteiger partial charge is 0.419 e. The van der Waals surface area contributed by atoms with E-state index in [4.69, 9.17) is 4.74 Å². The molecule has 0 aromatic heterocycles. The summed E-state index contributed by atoms with van der Waals surface area (Å²) in [6, 6.07) is 30.7. The Hall–Kier alpha value is -4.25. The number of ether oxygens (including phenoxy) is 1. The van der Waals surface area contributed by atoms with E-state index in [1.165, 1.54) is 17.0 Å². The van der Waals surface area contributed by atoms with Crippen LogP contribution in [0.3, 0.4) is 0 Å². The van der Waals surface area contributed by atoms with Crippen molar-refractivity contribution in [1.29, 1.82) is 0 Å². The lowest BCUT2D eigenvalue weighted by Gasteiger charge is -2.38. The average molecular weight is 466 g/mol. The molecule has 0 spiro atoms. The number of Topliss-reactive ketones (excluding diaryl/α,β-unsaturated/α-hetero) is 1. The van der Waals surface area contributed by atoms with Gasteiger partial charge in [0.1, 0.15) is 18.2 Å². The van der Waals surface area contributed by atoms with Crippen LogP contribution in [0.5, 0.6) is 0 Å². The lowest BCUT2D eigenvalue weighted by Crippen LogP contribution is -2.34. The van der Waals surface area contributed by atoms with Crippen LogP contribution in [0.25, 0.3) is 0 Å². The Bertz CT molecular complexity index is 1370. The number of carbonyl (C=O) groups is 2. The van der Waals surface area contributed by atoms with Crippen molar-refractivity contribution >= 4 is 23.3 Å². The first-order valence-corrected chi connectivity index (χ1v) is 11.5. The molecule has 2 unspecified atom stereocenters. The zero-order chi connectivity index (χ0) is 24.4. The maximum atomic E-state index is 14.6. The zero-order valence-electron chi connectivity index (χ0n) is 19.2. The van der Waals surface area contributed by atoms with E-state index in [1.54, 1.807) is 13.0 Å². The summed E-state index contributed by atoms with van der Waals surface area (Å²) < 4.78 is 20.3. The monoisotopic (exact) mass is 465 g/mol. The molecule has 5 heteroatoms. The van der Waals surface area contributed by atoms with Crippen molar-refractivity contribution in [2.24, 2.45) is 0 Å². The Morgan fingerprint density at radius 3 is 2.17 bits per heavy atom. The fourth-order valence-electron chi connectivity index (χ4n) is 4.89. The third-order valence-electron chi connectivity index (χ3n) is 6.40. The Morgan fingerprint density at radius 1 is 0.829 bits per heavy atom. The SMILES string of the molecule is CC(=O)C(c1ccccc1)C1c2ccccc2N(C(=O)OCc2ccccc2)c2ccc(F)cc21. The van der Waals surface area contributed by atoms with Crippen LogP contribution in [-0.2, 0) is 16.1 Å². The largest absolute Gasteiger partial charge is 0.444 e. The molecular weight excluding hydrogens is 441 g/mol.